The average molecular weight is 520 g/mol. The zero-order valence-corrected chi connectivity index (χ0v) is 21.4. The number of likely N-dealkylation sites (tertiary alicyclic amines) is 1. The van der Waals surface area contributed by atoms with Gasteiger partial charge in [0.05, 0.1) is 13.1 Å². The van der Waals surface area contributed by atoms with E-state index in [4.69, 9.17) is 9.47 Å². The molecule has 2 aliphatic heterocycles. The summed E-state index contributed by atoms with van der Waals surface area (Å²) in [5.41, 5.74) is 0.372. The molecular weight excluding hydrogens is 485 g/mol. The predicted molar refractivity (Wildman–Crippen MR) is 129 cm³/mol. The Hall–Kier alpha value is -3.37. The number of nitrogens with one attached hydrogen (secondary N) is 1. The summed E-state index contributed by atoms with van der Waals surface area (Å²) in [4.78, 5) is 53.4. The molecule has 0 bridgehead atoms. The van der Waals surface area contributed by atoms with Crippen molar-refractivity contribution in [2.75, 3.05) is 6.54 Å². The first-order valence-electron chi connectivity index (χ1n) is 12.7. The van der Waals surface area contributed by atoms with E-state index in [1.165, 1.54) is 11.0 Å². The van der Waals surface area contributed by atoms with Gasteiger partial charge in [0.15, 0.2) is 0 Å². The Bertz CT molecular complexity index is 1070. The van der Waals surface area contributed by atoms with Crippen molar-refractivity contribution in [1.29, 1.82) is 0 Å². The molecule has 0 radical (unpaired) electrons. The molecule has 1 unspecified atom stereocenters. The first-order valence-corrected chi connectivity index (χ1v) is 12.7. The van der Waals surface area contributed by atoms with Crippen LogP contribution in [-0.4, -0.2) is 69.8 Å². The van der Waals surface area contributed by atoms with Gasteiger partial charge < -0.3 is 24.8 Å². The van der Waals surface area contributed by atoms with Crippen molar-refractivity contribution >= 4 is 24.1 Å². The number of carboxylic acid groups (broad SMARTS) is 1. The van der Waals surface area contributed by atoms with Crippen LogP contribution in [0, 0.1) is 11.2 Å². The molecule has 0 spiro atoms. The molecule has 1 aromatic rings. The monoisotopic (exact) mass is 519 g/mol. The minimum Gasteiger partial charge on any atom is -0.480 e. The number of fused-ring (bicyclic) bond motifs is 1. The maximum absolute atomic E-state index is 14.1. The first-order chi connectivity index (χ1) is 17.4. The number of carboxylic acids is 1. The molecule has 37 heavy (non-hydrogen) atoms. The van der Waals surface area contributed by atoms with Crippen LogP contribution in [0.4, 0.5) is 14.0 Å². The molecule has 3 amide bonds. The van der Waals surface area contributed by atoms with Crippen LogP contribution in [0.1, 0.15) is 64.0 Å². The molecule has 1 saturated heterocycles. The predicted octanol–water partition coefficient (Wildman–Crippen LogP) is 3.42. The highest BCUT2D eigenvalue weighted by Crippen LogP contribution is 2.30. The number of hydrogen-bond donors (Lipinski definition) is 2. The molecule has 4 rings (SSSR count). The van der Waals surface area contributed by atoms with Crippen molar-refractivity contribution in [3.05, 3.63) is 35.1 Å². The molecule has 2 fully saturated rings. The maximum atomic E-state index is 14.1. The van der Waals surface area contributed by atoms with E-state index in [1.807, 2.05) is 0 Å². The van der Waals surface area contributed by atoms with Gasteiger partial charge in [-0.2, -0.15) is 0 Å². The van der Waals surface area contributed by atoms with E-state index in [9.17, 15) is 28.7 Å². The normalized spacial score (nSPS) is 22.5. The number of aliphatic carboxylic acids is 1. The lowest BCUT2D eigenvalue weighted by Gasteiger charge is -2.34. The van der Waals surface area contributed by atoms with E-state index >= 15 is 0 Å². The zero-order chi connectivity index (χ0) is 26.9. The van der Waals surface area contributed by atoms with Crippen LogP contribution in [0.2, 0.25) is 0 Å². The van der Waals surface area contributed by atoms with Gasteiger partial charge in [-0.1, -0.05) is 32.9 Å². The number of nitrogens with zero attached hydrogens (tertiary/aromatic N) is 2. The van der Waals surface area contributed by atoms with Gasteiger partial charge in [0, 0.05) is 18.5 Å². The van der Waals surface area contributed by atoms with Crippen LogP contribution in [-0.2, 0) is 32.2 Å². The number of alkyl carbamates (subject to hydrolysis) is 1. The third-order valence-corrected chi connectivity index (χ3v) is 7.23. The summed E-state index contributed by atoms with van der Waals surface area (Å²) in [5, 5.41) is 12.4. The summed E-state index contributed by atoms with van der Waals surface area (Å²) in [6, 6.07) is 2.36. The van der Waals surface area contributed by atoms with Gasteiger partial charge in [0.25, 0.3) is 0 Å². The van der Waals surface area contributed by atoms with Crippen molar-refractivity contribution in [3.63, 3.8) is 0 Å². The third-order valence-electron chi connectivity index (χ3n) is 7.23. The minimum atomic E-state index is -1.23. The van der Waals surface area contributed by atoms with Gasteiger partial charge in [0.2, 0.25) is 5.91 Å². The second-order valence-electron chi connectivity index (χ2n) is 11.1. The molecule has 2 heterocycles. The molecule has 1 aromatic carbocycles. The van der Waals surface area contributed by atoms with Crippen LogP contribution >= 0.6 is 0 Å². The zero-order valence-electron chi connectivity index (χ0n) is 21.4. The number of ether oxygens (including phenoxy) is 2. The Morgan fingerprint density at radius 1 is 1.08 bits per heavy atom. The highest BCUT2D eigenvalue weighted by atomic mass is 19.1. The molecule has 202 valence electrons. The fourth-order valence-electron chi connectivity index (χ4n) is 5.21. The summed E-state index contributed by atoms with van der Waals surface area (Å²) in [7, 11) is 0. The summed E-state index contributed by atoms with van der Waals surface area (Å²) >= 11 is 0. The lowest BCUT2D eigenvalue weighted by Crippen LogP contribution is -2.57. The van der Waals surface area contributed by atoms with Crippen molar-refractivity contribution in [2.24, 2.45) is 5.41 Å². The van der Waals surface area contributed by atoms with Crippen molar-refractivity contribution in [1.82, 2.24) is 15.1 Å². The quantitative estimate of drug-likeness (QED) is 0.611. The van der Waals surface area contributed by atoms with Crippen molar-refractivity contribution in [3.8, 4) is 0 Å². The van der Waals surface area contributed by atoms with Crippen LogP contribution < -0.4 is 5.32 Å². The molecule has 0 aromatic heterocycles. The molecule has 1 aliphatic carbocycles. The highest BCUT2D eigenvalue weighted by Gasteiger charge is 2.47. The standard InChI is InChI=1S/C26H34FN3O7/c1-26(2,3)21(28-24(34)36-16-8-4-5-9-16)22(31)30-13-17(11-20(30)23(32)33)37-25(35)29-12-15-7-6-10-19(27)18(15)14-29/h6-7,10,16-17,20-21H,4-5,8-9,11-14H2,1-3H3,(H,28,34)(H,32,33)/t17-,20?,21-/m1/s1. The molecular formula is C26H34FN3O7. The summed E-state index contributed by atoms with van der Waals surface area (Å²) in [5.74, 6) is -2.22. The summed E-state index contributed by atoms with van der Waals surface area (Å²) in [6.45, 7) is 5.39. The highest BCUT2D eigenvalue weighted by molar-refractivity contribution is 5.90. The van der Waals surface area contributed by atoms with E-state index in [-0.39, 0.29) is 32.2 Å². The molecule has 3 aliphatic rings. The largest absolute Gasteiger partial charge is 0.480 e. The first kappa shape index (κ1) is 26.7. The van der Waals surface area contributed by atoms with Gasteiger partial charge in [-0.05, 0) is 42.7 Å². The molecule has 10 nitrogen and oxygen atoms in total. The molecule has 3 atom stereocenters. The van der Waals surface area contributed by atoms with E-state index in [2.05, 4.69) is 5.32 Å². The summed E-state index contributed by atoms with van der Waals surface area (Å²) < 4.78 is 25.1. The van der Waals surface area contributed by atoms with E-state index in [0.29, 0.717) is 11.1 Å². The van der Waals surface area contributed by atoms with Gasteiger partial charge in [0.1, 0.15) is 30.1 Å². The molecule has 1 saturated carbocycles. The Labute approximate surface area is 215 Å². The lowest BCUT2D eigenvalue weighted by atomic mass is 9.85. The van der Waals surface area contributed by atoms with Gasteiger partial charge in [-0.3, -0.25) is 9.69 Å². The van der Waals surface area contributed by atoms with Gasteiger partial charge >= 0.3 is 18.2 Å². The Morgan fingerprint density at radius 3 is 2.41 bits per heavy atom. The van der Waals surface area contributed by atoms with Crippen molar-refractivity contribution < 1.29 is 38.1 Å². The third kappa shape index (κ3) is 5.97. The summed E-state index contributed by atoms with van der Waals surface area (Å²) in [6.07, 6.45) is 0.941. The Morgan fingerprint density at radius 2 is 1.78 bits per heavy atom. The van der Waals surface area contributed by atoms with E-state index in [1.54, 1.807) is 32.9 Å². The van der Waals surface area contributed by atoms with Gasteiger partial charge in [-0.15, -0.1) is 0 Å². The SMILES string of the molecule is CC(C)(C)[C@H](NC(=O)OC1CCCC1)C(=O)N1C[C@H](OC(=O)N2Cc3cccc(F)c3C2)CC1C(=O)O. The minimum absolute atomic E-state index is 0.0533. The average Bonchev–Trinajstić information content (AvgIpc) is 3.56. The van der Waals surface area contributed by atoms with Crippen LogP contribution in [0.3, 0.4) is 0 Å². The maximum Gasteiger partial charge on any atom is 0.410 e. The number of carbonyl (C=O) groups is 4. The number of benzene rings is 1. The number of amides is 3. The number of hydrogen-bond acceptors (Lipinski definition) is 6. The fraction of sp³-hybridized carbons (Fsp3) is 0.615. The smallest absolute Gasteiger partial charge is 0.410 e. The van der Waals surface area contributed by atoms with Crippen LogP contribution in [0.25, 0.3) is 0 Å². The second kappa shape index (κ2) is 10.5. The lowest BCUT2D eigenvalue weighted by molar-refractivity contribution is -0.150. The van der Waals surface area contributed by atoms with E-state index < -0.39 is 53.5 Å². The van der Waals surface area contributed by atoms with Crippen LogP contribution in [0.5, 0.6) is 0 Å². The fourth-order valence-corrected chi connectivity index (χ4v) is 5.21. The van der Waals surface area contributed by atoms with Gasteiger partial charge in [-0.25, -0.2) is 18.8 Å². The molecule has 2 N–H and O–H groups in total. The van der Waals surface area contributed by atoms with Crippen LogP contribution in [0.15, 0.2) is 18.2 Å². The number of halogens is 1. The topological polar surface area (TPSA) is 125 Å². The number of carbonyl (C=O) groups excluding carboxylic acids is 3. The second-order valence-corrected chi connectivity index (χ2v) is 11.1. The Balaban J connectivity index is 1.42. The number of rotatable bonds is 5. The van der Waals surface area contributed by atoms with Crippen molar-refractivity contribution in [2.45, 2.75) is 90.3 Å². The Kier molecular flexibility index (Phi) is 7.61. The molecule has 11 heteroatoms. The van der Waals surface area contributed by atoms with E-state index in [0.717, 1.165) is 30.6 Å².